The highest BCUT2D eigenvalue weighted by atomic mass is 19.1. The van der Waals surface area contributed by atoms with Crippen molar-refractivity contribution in [2.45, 2.75) is 13.5 Å². The molecule has 2 N–H and O–H groups in total. The van der Waals surface area contributed by atoms with Crippen molar-refractivity contribution in [3.05, 3.63) is 41.3 Å². The van der Waals surface area contributed by atoms with Gasteiger partial charge in [0.1, 0.15) is 11.6 Å². The molecule has 0 aliphatic rings. The quantitative estimate of drug-likeness (QED) is 0.886. The van der Waals surface area contributed by atoms with Crippen LogP contribution < -0.4 is 10.5 Å². The average Bonchev–Trinajstić information content (AvgIpc) is 2.60. The number of nitrogens with two attached hydrogens (primary N) is 1. The summed E-state index contributed by atoms with van der Waals surface area (Å²) in [5.74, 6) is 0.833. The molecule has 2 rings (SSSR count). The molecule has 1 aromatic carbocycles. The van der Waals surface area contributed by atoms with Gasteiger partial charge in [0.2, 0.25) is 5.88 Å². The molecule has 90 valence electrons. The van der Waals surface area contributed by atoms with Crippen LogP contribution in [0.15, 0.2) is 24.3 Å². The first-order valence-corrected chi connectivity index (χ1v) is 5.27. The van der Waals surface area contributed by atoms with E-state index in [-0.39, 0.29) is 12.4 Å². The number of ether oxygens (including phenoxy) is 1. The molecule has 0 atom stereocenters. The number of benzene rings is 1. The van der Waals surface area contributed by atoms with Crippen molar-refractivity contribution in [1.82, 2.24) is 9.78 Å². The molecule has 0 aliphatic heterocycles. The maximum atomic E-state index is 13.0. The van der Waals surface area contributed by atoms with E-state index in [2.05, 4.69) is 5.10 Å². The van der Waals surface area contributed by atoms with E-state index in [9.17, 15) is 4.39 Å². The lowest BCUT2D eigenvalue weighted by molar-refractivity contribution is 0.425. The molecule has 0 radical (unpaired) electrons. The summed E-state index contributed by atoms with van der Waals surface area (Å²) in [4.78, 5) is 0. The molecular formula is C12H14FN3O. The third-order valence-corrected chi connectivity index (χ3v) is 2.42. The third-order valence-electron chi connectivity index (χ3n) is 2.42. The highest BCUT2D eigenvalue weighted by Crippen LogP contribution is 2.25. The van der Waals surface area contributed by atoms with Crippen molar-refractivity contribution in [3.63, 3.8) is 0 Å². The summed E-state index contributed by atoms with van der Waals surface area (Å²) in [5.41, 5.74) is 7.04. The number of hydrogen-bond donors (Lipinski definition) is 1. The predicted molar refractivity (Wildman–Crippen MR) is 62.3 cm³/mol. The van der Waals surface area contributed by atoms with E-state index in [1.807, 2.05) is 13.0 Å². The Bertz CT molecular complexity index is 537. The van der Waals surface area contributed by atoms with E-state index in [0.717, 1.165) is 5.69 Å². The summed E-state index contributed by atoms with van der Waals surface area (Å²) in [7, 11) is 1.79. The summed E-state index contributed by atoms with van der Waals surface area (Å²) < 4.78 is 20.3. The van der Waals surface area contributed by atoms with Gasteiger partial charge in [-0.3, -0.25) is 0 Å². The van der Waals surface area contributed by atoms with E-state index >= 15 is 0 Å². The van der Waals surface area contributed by atoms with Crippen molar-refractivity contribution in [1.29, 1.82) is 0 Å². The van der Waals surface area contributed by atoms with Crippen LogP contribution in [0, 0.1) is 12.7 Å². The molecule has 2 aromatic rings. The minimum absolute atomic E-state index is 0.226. The molecule has 1 heterocycles. The lowest BCUT2D eigenvalue weighted by Gasteiger charge is -2.09. The Kier molecular flexibility index (Phi) is 3.10. The minimum Gasteiger partial charge on any atom is -0.439 e. The molecule has 4 nitrogen and oxygen atoms in total. The molecule has 0 unspecified atom stereocenters. The second-order valence-electron chi connectivity index (χ2n) is 3.81. The van der Waals surface area contributed by atoms with Crippen molar-refractivity contribution in [2.75, 3.05) is 0 Å². The zero-order valence-electron chi connectivity index (χ0n) is 9.77. The molecule has 0 aliphatic carbocycles. The van der Waals surface area contributed by atoms with Crippen LogP contribution in [-0.2, 0) is 13.6 Å². The lowest BCUT2D eigenvalue weighted by atomic mass is 10.2. The molecule has 0 spiro atoms. The summed E-state index contributed by atoms with van der Waals surface area (Å²) in [6.07, 6.45) is 0. The van der Waals surface area contributed by atoms with Gasteiger partial charge < -0.3 is 10.5 Å². The molecule has 0 amide bonds. The third kappa shape index (κ3) is 2.45. The molecular weight excluding hydrogens is 221 g/mol. The van der Waals surface area contributed by atoms with Gasteiger partial charge in [0.15, 0.2) is 0 Å². The summed E-state index contributed by atoms with van der Waals surface area (Å²) in [6.45, 7) is 2.10. The Morgan fingerprint density at radius 1 is 1.41 bits per heavy atom. The van der Waals surface area contributed by atoms with Crippen molar-refractivity contribution in [3.8, 4) is 11.6 Å². The normalized spacial score (nSPS) is 10.6. The fourth-order valence-electron chi connectivity index (χ4n) is 1.60. The standard InChI is InChI=1S/C12H14FN3O/c1-8-5-12(16(2)15-8)17-11-4-3-10(13)6-9(11)7-14/h3-6H,7,14H2,1-2H3. The largest absolute Gasteiger partial charge is 0.439 e. The summed E-state index contributed by atoms with van der Waals surface area (Å²) >= 11 is 0. The van der Waals surface area contributed by atoms with E-state index in [1.54, 1.807) is 17.8 Å². The highest BCUT2D eigenvalue weighted by Gasteiger charge is 2.08. The minimum atomic E-state index is -0.320. The highest BCUT2D eigenvalue weighted by molar-refractivity contribution is 5.36. The van der Waals surface area contributed by atoms with Crippen molar-refractivity contribution >= 4 is 0 Å². The Labute approximate surface area is 98.8 Å². The van der Waals surface area contributed by atoms with Crippen LogP contribution in [0.4, 0.5) is 4.39 Å². The Morgan fingerprint density at radius 3 is 2.76 bits per heavy atom. The van der Waals surface area contributed by atoms with Crippen LogP contribution in [0.25, 0.3) is 0 Å². The Hall–Kier alpha value is -1.88. The first-order valence-electron chi connectivity index (χ1n) is 5.27. The molecule has 0 saturated heterocycles. The smallest absolute Gasteiger partial charge is 0.217 e. The van der Waals surface area contributed by atoms with Crippen LogP contribution in [0.3, 0.4) is 0 Å². The van der Waals surface area contributed by atoms with Gasteiger partial charge in [0.05, 0.1) is 5.69 Å². The van der Waals surface area contributed by atoms with Gasteiger partial charge in [-0.1, -0.05) is 0 Å². The van der Waals surface area contributed by atoms with Gasteiger partial charge in [-0.15, -0.1) is 0 Å². The van der Waals surface area contributed by atoms with Crippen molar-refractivity contribution in [2.24, 2.45) is 12.8 Å². The Balaban J connectivity index is 2.32. The topological polar surface area (TPSA) is 53.1 Å². The van der Waals surface area contributed by atoms with E-state index < -0.39 is 0 Å². The lowest BCUT2D eigenvalue weighted by Crippen LogP contribution is -2.02. The second kappa shape index (κ2) is 4.55. The maximum Gasteiger partial charge on any atom is 0.217 e. The molecule has 0 saturated carbocycles. The van der Waals surface area contributed by atoms with E-state index in [4.69, 9.17) is 10.5 Å². The number of rotatable bonds is 3. The summed E-state index contributed by atoms with van der Waals surface area (Å²) in [6, 6.07) is 6.10. The van der Waals surface area contributed by atoms with Crippen LogP contribution in [0.5, 0.6) is 11.6 Å². The average molecular weight is 235 g/mol. The molecule has 5 heteroatoms. The van der Waals surface area contributed by atoms with Gasteiger partial charge in [0, 0.05) is 25.2 Å². The van der Waals surface area contributed by atoms with Crippen LogP contribution in [-0.4, -0.2) is 9.78 Å². The molecule has 1 aromatic heterocycles. The number of nitrogens with zero attached hydrogens (tertiary/aromatic N) is 2. The van der Waals surface area contributed by atoms with Gasteiger partial charge >= 0.3 is 0 Å². The SMILES string of the molecule is Cc1cc(Oc2ccc(F)cc2CN)n(C)n1. The molecule has 17 heavy (non-hydrogen) atoms. The zero-order valence-corrected chi connectivity index (χ0v) is 9.77. The number of aromatic nitrogens is 2. The monoisotopic (exact) mass is 235 g/mol. The van der Waals surface area contributed by atoms with Crippen LogP contribution in [0.2, 0.25) is 0 Å². The summed E-state index contributed by atoms with van der Waals surface area (Å²) in [5, 5.41) is 4.17. The van der Waals surface area contributed by atoms with Gasteiger partial charge in [-0.2, -0.15) is 5.10 Å². The first kappa shape index (κ1) is 11.6. The van der Waals surface area contributed by atoms with Crippen molar-refractivity contribution < 1.29 is 9.13 Å². The molecule has 0 fully saturated rings. The Morgan fingerprint density at radius 2 is 2.18 bits per heavy atom. The van der Waals surface area contributed by atoms with Gasteiger partial charge in [-0.25, -0.2) is 9.07 Å². The first-order chi connectivity index (χ1) is 8.10. The van der Waals surface area contributed by atoms with Gasteiger partial charge in [0.25, 0.3) is 0 Å². The van der Waals surface area contributed by atoms with Gasteiger partial charge in [-0.05, 0) is 25.1 Å². The number of aryl methyl sites for hydroxylation is 2. The zero-order chi connectivity index (χ0) is 12.4. The number of halogens is 1. The van der Waals surface area contributed by atoms with E-state index in [0.29, 0.717) is 17.2 Å². The second-order valence-corrected chi connectivity index (χ2v) is 3.81. The maximum absolute atomic E-state index is 13.0. The number of hydrogen-bond acceptors (Lipinski definition) is 3. The fraction of sp³-hybridized carbons (Fsp3) is 0.250. The van der Waals surface area contributed by atoms with Crippen LogP contribution >= 0.6 is 0 Å². The predicted octanol–water partition coefficient (Wildman–Crippen LogP) is 2.12. The van der Waals surface area contributed by atoms with Crippen LogP contribution in [0.1, 0.15) is 11.3 Å². The fourth-order valence-corrected chi connectivity index (χ4v) is 1.60. The van der Waals surface area contributed by atoms with E-state index in [1.165, 1.54) is 12.1 Å². The molecule has 0 bridgehead atoms.